The van der Waals surface area contributed by atoms with Crippen LogP contribution in [0.25, 0.3) is 11.5 Å². The van der Waals surface area contributed by atoms with Gasteiger partial charge in [0.2, 0.25) is 0 Å². The average Bonchev–Trinajstić information content (AvgIpc) is 3.10. The minimum atomic E-state index is 0.567. The molecule has 0 unspecified atom stereocenters. The van der Waals surface area contributed by atoms with Gasteiger partial charge in [-0.05, 0) is 37.5 Å². The smallest absolute Gasteiger partial charge is 0.258 e. The molecule has 1 fully saturated rings. The number of benzene rings is 1. The van der Waals surface area contributed by atoms with E-state index in [1.165, 1.54) is 25.7 Å². The number of aromatic nitrogens is 2. The average molecular weight is 289 g/mol. The van der Waals surface area contributed by atoms with Crippen molar-refractivity contribution >= 4 is 17.4 Å². The van der Waals surface area contributed by atoms with Gasteiger partial charge in [-0.15, -0.1) is 0 Å². The molecule has 1 saturated carbocycles. The molecule has 1 aliphatic rings. The maximum atomic E-state index is 5.82. The standard InChI is InChI=1S/C15H19N3OS/c1-10-6-7-11(16)8-13(10)15-17-14(18-19-15)9-20-12-4-2-3-5-12/h6-8,12H,2-5,9,16H2,1H3. The Morgan fingerprint density at radius 2 is 2.15 bits per heavy atom. The van der Waals surface area contributed by atoms with Gasteiger partial charge >= 0.3 is 0 Å². The van der Waals surface area contributed by atoms with Gasteiger partial charge < -0.3 is 10.3 Å². The molecule has 0 spiro atoms. The first-order valence-electron chi connectivity index (χ1n) is 7.03. The van der Waals surface area contributed by atoms with E-state index in [4.69, 9.17) is 10.3 Å². The van der Waals surface area contributed by atoms with Crippen molar-refractivity contribution in [2.75, 3.05) is 5.73 Å². The number of anilines is 1. The van der Waals surface area contributed by atoms with Gasteiger partial charge in [0, 0.05) is 16.5 Å². The van der Waals surface area contributed by atoms with Crippen LogP contribution in [0.5, 0.6) is 0 Å². The highest BCUT2D eigenvalue weighted by Crippen LogP contribution is 2.31. The van der Waals surface area contributed by atoms with Crippen LogP contribution in [0.1, 0.15) is 37.1 Å². The van der Waals surface area contributed by atoms with E-state index in [0.717, 1.165) is 28.0 Å². The summed E-state index contributed by atoms with van der Waals surface area (Å²) in [6, 6.07) is 5.74. The third kappa shape index (κ3) is 2.98. The third-order valence-electron chi connectivity index (χ3n) is 3.71. The molecule has 106 valence electrons. The predicted molar refractivity (Wildman–Crippen MR) is 82.4 cm³/mol. The molecule has 4 nitrogen and oxygen atoms in total. The normalized spacial score (nSPS) is 15.8. The molecule has 0 saturated heterocycles. The molecule has 1 aromatic heterocycles. The summed E-state index contributed by atoms with van der Waals surface area (Å²) < 4.78 is 5.37. The van der Waals surface area contributed by atoms with Crippen molar-refractivity contribution in [3.63, 3.8) is 0 Å². The summed E-state index contributed by atoms with van der Waals surface area (Å²) in [5, 5.41) is 4.85. The van der Waals surface area contributed by atoms with Gasteiger partial charge in [0.05, 0.1) is 5.75 Å². The molecule has 2 N–H and O–H groups in total. The molecule has 1 aliphatic carbocycles. The van der Waals surface area contributed by atoms with E-state index < -0.39 is 0 Å². The highest BCUT2D eigenvalue weighted by Gasteiger charge is 2.17. The number of hydrogen-bond acceptors (Lipinski definition) is 5. The fraction of sp³-hybridized carbons (Fsp3) is 0.467. The summed E-state index contributed by atoms with van der Waals surface area (Å²) in [5.41, 5.74) is 8.55. The number of rotatable bonds is 4. The van der Waals surface area contributed by atoms with E-state index in [9.17, 15) is 0 Å². The lowest BCUT2D eigenvalue weighted by atomic mass is 10.1. The van der Waals surface area contributed by atoms with Gasteiger partial charge in [-0.2, -0.15) is 16.7 Å². The van der Waals surface area contributed by atoms with E-state index in [1.54, 1.807) is 0 Å². The largest absolute Gasteiger partial charge is 0.399 e. The molecule has 0 bridgehead atoms. The third-order valence-corrected chi connectivity index (χ3v) is 5.08. The summed E-state index contributed by atoms with van der Waals surface area (Å²) in [4.78, 5) is 4.49. The topological polar surface area (TPSA) is 64.9 Å². The maximum absolute atomic E-state index is 5.82. The number of hydrogen-bond donors (Lipinski definition) is 1. The van der Waals surface area contributed by atoms with Crippen LogP contribution in [0.15, 0.2) is 22.7 Å². The number of aryl methyl sites for hydroxylation is 1. The summed E-state index contributed by atoms with van der Waals surface area (Å²) in [5.74, 6) is 2.17. The predicted octanol–water partition coefficient (Wildman–Crippen LogP) is 3.80. The molecule has 1 aromatic carbocycles. The second kappa shape index (κ2) is 5.87. The summed E-state index contributed by atoms with van der Waals surface area (Å²) in [7, 11) is 0. The first-order chi connectivity index (χ1) is 9.72. The second-order valence-corrected chi connectivity index (χ2v) is 6.60. The lowest BCUT2D eigenvalue weighted by molar-refractivity contribution is 0.425. The Hall–Kier alpha value is -1.49. The van der Waals surface area contributed by atoms with Crippen LogP contribution < -0.4 is 5.73 Å². The van der Waals surface area contributed by atoms with Crippen molar-refractivity contribution in [3.8, 4) is 11.5 Å². The zero-order valence-electron chi connectivity index (χ0n) is 11.6. The van der Waals surface area contributed by atoms with Crippen LogP contribution in [0.3, 0.4) is 0 Å². The molecule has 0 amide bonds. The summed E-state index contributed by atoms with van der Waals surface area (Å²) in [6.45, 7) is 2.02. The van der Waals surface area contributed by atoms with Gasteiger partial charge in [0.1, 0.15) is 0 Å². The van der Waals surface area contributed by atoms with Crippen molar-refractivity contribution in [3.05, 3.63) is 29.6 Å². The van der Waals surface area contributed by atoms with Crippen LogP contribution in [-0.4, -0.2) is 15.4 Å². The fourth-order valence-electron chi connectivity index (χ4n) is 2.54. The Labute approximate surface area is 123 Å². The van der Waals surface area contributed by atoms with Crippen molar-refractivity contribution in [2.45, 2.75) is 43.6 Å². The fourth-order valence-corrected chi connectivity index (χ4v) is 3.71. The minimum Gasteiger partial charge on any atom is -0.399 e. The molecule has 0 radical (unpaired) electrons. The summed E-state index contributed by atoms with van der Waals surface area (Å²) >= 11 is 1.94. The molecule has 3 rings (SSSR count). The van der Waals surface area contributed by atoms with Gasteiger partial charge in [-0.25, -0.2) is 0 Å². The molecule has 5 heteroatoms. The molecule has 0 aliphatic heterocycles. The SMILES string of the molecule is Cc1ccc(N)cc1-c1nc(CSC2CCCC2)no1. The Bertz CT molecular complexity index is 591. The Balaban J connectivity index is 1.71. The molecular formula is C15H19N3OS. The van der Waals surface area contributed by atoms with Crippen molar-refractivity contribution in [1.82, 2.24) is 10.1 Å². The molecule has 2 aromatic rings. The lowest BCUT2D eigenvalue weighted by Gasteiger charge is -2.05. The van der Waals surface area contributed by atoms with Crippen LogP contribution in [0, 0.1) is 6.92 Å². The highest BCUT2D eigenvalue weighted by atomic mass is 32.2. The van der Waals surface area contributed by atoms with Gasteiger partial charge in [-0.1, -0.05) is 24.1 Å². The van der Waals surface area contributed by atoms with Gasteiger partial charge in [0.15, 0.2) is 5.82 Å². The van der Waals surface area contributed by atoms with E-state index in [2.05, 4.69) is 10.1 Å². The summed E-state index contributed by atoms with van der Waals surface area (Å²) in [6.07, 6.45) is 5.36. The first-order valence-corrected chi connectivity index (χ1v) is 8.08. The van der Waals surface area contributed by atoms with Crippen LogP contribution in [0.4, 0.5) is 5.69 Å². The van der Waals surface area contributed by atoms with Crippen molar-refractivity contribution in [1.29, 1.82) is 0 Å². The number of nitrogens with zero attached hydrogens (tertiary/aromatic N) is 2. The molecule has 1 heterocycles. The van der Waals surface area contributed by atoms with Crippen LogP contribution >= 0.6 is 11.8 Å². The van der Waals surface area contributed by atoms with E-state index in [-0.39, 0.29) is 0 Å². The van der Waals surface area contributed by atoms with Gasteiger partial charge in [0.25, 0.3) is 5.89 Å². The van der Waals surface area contributed by atoms with Crippen LogP contribution in [-0.2, 0) is 5.75 Å². The Morgan fingerprint density at radius 3 is 2.95 bits per heavy atom. The minimum absolute atomic E-state index is 0.567. The lowest BCUT2D eigenvalue weighted by Crippen LogP contribution is -1.96. The van der Waals surface area contributed by atoms with E-state index in [1.807, 2.05) is 36.9 Å². The quantitative estimate of drug-likeness (QED) is 0.867. The van der Waals surface area contributed by atoms with Crippen molar-refractivity contribution < 1.29 is 4.52 Å². The van der Waals surface area contributed by atoms with Gasteiger partial charge in [-0.3, -0.25) is 0 Å². The van der Waals surface area contributed by atoms with E-state index >= 15 is 0 Å². The molecule has 0 atom stereocenters. The second-order valence-electron chi connectivity index (χ2n) is 5.31. The number of nitrogen functional groups attached to an aromatic ring is 1. The number of nitrogens with two attached hydrogens (primary N) is 1. The highest BCUT2D eigenvalue weighted by molar-refractivity contribution is 7.99. The maximum Gasteiger partial charge on any atom is 0.258 e. The Morgan fingerprint density at radius 1 is 1.35 bits per heavy atom. The van der Waals surface area contributed by atoms with Crippen LogP contribution in [0.2, 0.25) is 0 Å². The number of thioether (sulfide) groups is 1. The Kier molecular flexibility index (Phi) is 3.96. The van der Waals surface area contributed by atoms with E-state index in [0.29, 0.717) is 11.6 Å². The van der Waals surface area contributed by atoms with Crippen molar-refractivity contribution in [2.24, 2.45) is 0 Å². The molecular weight excluding hydrogens is 270 g/mol. The zero-order chi connectivity index (χ0) is 13.9. The zero-order valence-corrected chi connectivity index (χ0v) is 12.4. The first kappa shape index (κ1) is 13.5. The monoisotopic (exact) mass is 289 g/mol. The molecule has 20 heavy (non-hydrogen) atoms.